The SMILES string of the molecule is COC(=O)N1C[C@H](CC=O)[C@H]2C(=O)C(C(C)(C)C)=CC(OC)(OC)[C@H]21. The summed E-state index contributed by atoms with van der Waals surface area (Å²) in [4.78, 5) is 38.1. The number of fused-ring (bicyclic) bond motifs is 1. The molecule has 1 amide bonds. The van der Waals surface area contributed by atoms with Gasteiger partial charge in [0, 0.05) is 32.8 Å². The Hall–Kier alpha value is -1.73. The molecule has 7 nitrogen and oxygen atoms in total. The first-order valence-electron chi connectivity index (χ1n) is 8.33. The van der Waals surface area contributed by atoms with E-state index in [0.29, 0.717) is 5.57 Å². The Labute approximate surface area is 148 Å². The summed E-state index contributed by atoms with van der Waals surface area (Å²) < 4.78 is 16.2. The lowest BCUT2D eigenvalue weighted by Crippen LogP contribution is -2.60. The molecule has 1 heterocycles. The Kier molecular flexibility index (Phi) is 5.39. The van der Waals surface area contributed by atoms with Crippen LogP contribution in [0.3, 0.4) is 0 Å². The molecule has 3 atom stereocenters. The van der Waals surface area contributed by atoms with Gasteiger partial charge >= 0.3 is 6.09 Å². The highest BCUT2D eigenvalue weighted by Crippen LogP contribution is 2.48. The van der Waals surface area contributed by atoms with Gasteiger partial charge in [0.15, 0.2) is 5.78 Å². The number of hydrogen-bond donors (Lipinski definition) is 0. The Morgan fingerprint density at radius 2 is 1.92 bits per heavy atom. The molecule has 0 bridgehead atoms. The van der Waals surface area contributed by atoms with E-state index in [0.717, 1.165) is 6.29 Å². The fraction of sp³-hybridized carbons (Fsp3) is 0.722. The van der Waals surface area contributed by atoms with Crippen LogP contribution in [0.2, 0.25) is 0 Å². The van der Waals surface area contributed by atoms with E-state index in [1.165, 1.54) is 26.2 Å². The van der Waals surface area contributed by atoms with Gasteiger partial charge in [-0.3, -0.25) is 9.69 Å². The Bertz CT molecular complexity index is 587. The lowest BCUT2D eigenvalue weighted by atomic mass is 9.68. The van der Waals surface area contributed by atoms with Crippen LogP contribution < -0.4 is 0 Å². The van der Waals surface area contributed by atoms with Crippen molar-refractivity contribution in [3.05, 3.63) is 11.6 Å². The number of rotatable bonds is 4. The molecule has 140 valence electrons. The van der Waals surface area contributed by atoms with E-state index < -0.39 is 29.3 Å². The molecule has 0 N–H and O–H groups in total. The lowest BCUT2D eigenvalue weighted by Gasteiger charge is -2.45. The molecule has 1 saturated heterocycles. The van der Waals surface area contributed by atoms with Crippen molar-refractivity contribution in [1.82, 2.24) is 4.90 Å². The van der Waals surface area contributed by atoms with Gasteiger partial charge in [-0.05, 0) is 17.4 Å². The first-order valence-corrected chi connectivity index (χ1v) is 8.33. The van der Waals surface area contributed by atoms with E-state index in [4.69, 9.17) is 14.2 Å². The summed E-state index contributed by atoms with van der Waals surface area (Å²) >= 11 is 0. The van der Waals surface area contributed by atoms with Crippen molar-refractivity contribution in [1.29, 1.82) is 0 Å². The molecule has 0 aromatic rings. The van der Waals surface area contributed by atoms with Crippen molar-refractivity contribution in [2.75, 3.05) is 27.9 Å². The van der Waals surface area contributed by atoms with Gasteiger partial charge in [0.1, 0.15) is 12.3 Å². The average Bonchev–Trinajstić information content (AvgIpc) is 2.95. The van der Waals surface area contributed by atoms with Gasteiger partial charge in [-0.1, -0.05) is 20.8 Å². The Morgan fingerprint density at radius 1 is 1.32 bits per heavy atom. The van der Waals surface area contributed by atoms with Crippen LogP contribution >= 0.6 is 0 Å². The van der Waals surface area contributed by atoms with Gasteiger partial charge < -0.3 is 19.0 Å². The summed E-state index contributed by atoms with van der Waals surface area (Å²) in [6.45, 7) is 6.06. The molecule has 0 unspecified atom stereocenters. The fourth-order valence-corrected chi connectivity index (χ4v) is 3.97. The van der Waals surface area contributed by atoms with Crippen molar-refractivity contribution in [3.63, 3.8) is 0 Å². The van der Waals surface area contributed by atoms with Crippen LogP contribution in [-0.2, 0) is 23.8 Å². The number of Topliss-reactive ketones (excluding diaryl/α,β-unsaturated/α-hetero) is 1. The fourth-order valence-electron chi connectivity index (χ4n) is 3.97. The van der Waals surface area contributed by atoms with Crippen LogP contribution in [0.1, 0.15) is 27.2 Å². The first-order chi connectivity index (χ1) is 11.7. The van der Waals surface area contributed by atoms with E-state index in [9.17, 15) is 14.4 Å². The van der Waals surface area contributed by atoms with Crippen molar-refractivity contribution in [2.45, 2.75) is 39.0 Å². The zero-order valence-corrected chi connectivity index (χ0v) is 15.7. The number of methoxy groups -OCH3 is 3. The number of allylic oxidation sites excluding steroid dienone is 1. The number of amides is 1. The number of carbonyl (C=O) groups excluding carboxylic acids is 3. The molecule has 0 aromatic carbocycles. The minimum Gasteiger partial charge on any atom is -0.453 e. The van der Waals surface area contributed by atoms with Gasteiger partial charge in [0.25, 0.3) is 0 Å². The third-order valence-electron chi connectivity index (χ3n) is 5.20. The van der Waals surface area contributed by atoms with Gasteiger partial charge in [-0.15, -0.1) is 0 Å². The maximum absolute atomic E-state index is 13.2. The molecule has 1 aliphatic heterocycles. The summed E-state index contributed by atoms with van der Waals surface area (Å²) in [6, 6.07) is -0.682. The highest BCUT2D eigenvalue weighted by Gasteiger charge is 2.61. The van der Waals surface area contributed by atoms with Gasteiger partial charge in [-0.25, -0.2) is 4.79 Å². The number of ketones is 1. The minimum atomic E-state index is -1.27. The number of nitrogens with zero attached hydrogens (tertiary/aromatic N) is 1. The van der Waals surface area contributed by atoms with E-state index in [1.807, 2.05) is 20.8 Å². The van der Waals surface area contributed by atoms with Gasteiger partial charge in [-0.2, -0.15) is 0 Å². The monoisotopic (exact) mass is 353 g/mol. The van der Waals surface area contributed by atoms with E-state index in [2.05, 4.69) is 0 Å². The van der Waals surface area contributed by atoms with Crippen LogP contribution in [0.25, 0.3) is 0 Å². The van der Waals surface area contributed by atoms with Crippen LogP contribution in [0.4, 0.5) is 4.79 Å². The number of likely N-dealkylation sites (tertiary alicyclic amines) is 1. The number of carbonyl (C=O) groups is 3. The van der Waals surface area contributed by atoms with Crippen LogP contribution in [-0.4, -0.2) is 62.8 Å². The minimum absolute atomic E-state index is 0.0690. The number of ether oxygens (including phenoxy) is 3. The van der Waals surface area contributed by atoms with Gasteiger partial charge in [0.05, 0.1) is 13.0 Å². The molecule has 0 spiro atoms. The van der Waals surface area contributed by atoms with Crippen LogP contribution in [0.15, 0.2) is 11.6 Å². The first kappa shape index (κ1) is 19.6. The topological polar surface area (TPSA) is 82.1 Å². The molecule has 0 aromatic heterocycles. The maximum atomic E-state index is 13.2. The maximum Gasteiger partial charge on any atom is 0.409 e. The Morgan fingerprint density at radius 3 is 2.36 bits per heavy atom. The van der Waals surface area contributed by atoms with Crippen molar-refractivity contribution in [3.8, 4) is 0 Å². The summed E-state index contributed by atoms with van der Waals surface area (Å²) in [7, 11) is 4.25. The second-order valence-corrected chi connectivity index (χ2v) is 7.56. The van der Waals surface area contributed by atoms with Crippen molar-refractivity contribution in [2.24, 2.45) is 17.3 Å². The summed E-state index contributed by atoms with van der Waals surface area (Å²) in [5, 5.41) is 0. The number of hydrogen-bond acceptors (Lipinski definition) is 6. The van der Waals surface area contributed by atoms with E-state index in [-0.39, 0.29) is 24.7 Å². The summed E-state index contributed by atoms with van der Waals surface area (Å²) in [5.41, 5.74) is 0.162. The molecule has 0 saturated carbocycles. The second kappa shape index (κ2) is 6.88. The normalized spacial score (nSPS) is 28.4. The highest BCUT2D eigenvalue weighted by molar-refractivity contribution is 6.01. The van der Waals surface area contributed by atoms with Crippen molar-refractivity contribution < 1.29 is 28.6 Å². The zero-order valence-electron chi connectivity index (χ0n) is 15.7. The molecular formula is C18H27NO6. The smallest absolute Gasteiger partial charge is 0.409 e. The summed E-state index contributed by atoms with van der Waals surface area (Å²) in [5.74, 6) is -2.22. The third-order valence-corrected chi connectivity index (χ3v) is 5.20. The molecule has 7 heteroatoms. The van der Waals surface area contributed by atoms with Gasteiger partial charge in [0.2, 0.25) is 5.79 Å². The second-order valence-electron chi connectivity index (χ2n) is 7.56. The zero-order chi connectivity index (χ0) is 19.0. The predicted molar refractivity (Wildman–Crippen MR) is 89.9 cm³/mol. The number of aldehydes is 1. The largest absolute Gasteiger partial charge is 0.453 e. The average molecular weight is 353 g/mol. The lowest BCUT2D eigenvalue weighted by molar-refractivity contribution is -0.213. The molecule has 25 heavy (non-hydrogen) atoms. The predicted octanol–water partition coefficient (Wildman–Crippen LogP) is 1.80. The van der Waals surface area contributed by atoms with Crippen molar-refractivity contribution >= 4 is 18.2 Å². The molecule has 1 aliphatic carbocycles. The van der Waals surface area contributed by atoms with Crippen LogP contribution in [0, 0.1) is 17.3 Å². The van der Waals surface area contributed by atoms with Crippen LogP contribution in [0.5, 0.6) is 0 Å². The molecular weight excluding hydrogens is 326 g/mol. The standard InChI is InChI=1S/C18H27NO6/c1-17(2,3)12-9-18(24-5,25-6)15-13(14(12)21)11(7-8-20)10-19(15)16(22)23-4/h8-9,11,13,15H,7,10H2,1-6H3/t11-,13-,15-/m0/s1. The highest BCUT2D eigenvalue weighted by atomic mass is 16.7. The Balaban J connectivity index is 2.66. The summed E-state index contributed by atoms with van der Waals surface area (Å²) in [6.07, 6.45) is 2.07. The molecule has 2 aliphatic rings. The van der Waals surface area contributed by atoms with E-state index in [1.54, 1.807) is 6.08 Å². The third kappa shape index (κ3) is 3.11. The molecule has 0 radical (unpaired) electrons. The van der Waals surface area contributed by atoms with E-state index >= 15 is 0 Å². The quantitative estimate of drug-likeness (QED) is 0.566. The molecule has 1 fully saturated rings. The molecule has 2 rings (SSSR count).